The highest BCUT2D eigenvalue weighted by Gasteiger charge is 2.17. The van der Waals surface area contributed by atoms with Crippen molar-refractivity contribution >= 4 is 22.0 Å². The van der Waals surface area contributed by atoms with Gasteiger partial charge in [-0.1, -0.05) is 0 Å². The van der Waals surface area contributed by atoms with Crippen molar-refractivity contribution in [3.63, 3.8) is 0 Å². The highest BCUT2D eigenvalue weighted by atomic mass is 32.2. The maximum absolute atomic E-state index is 13.4. The van der Waals surface area contributed by atoms with Gasteiger partial charge in [-0.05, 0) is 25.1 Å². The second-order valence-corrected chi connectivity index (χ2v) is 4.65. The van der Waals surface area contributed by atoms with Gasteiger partial charge in [0.15, 0.2) is 0 Å². The van der Waals surface area contributed by atoms with Crippen LogP contribution < -0.4 is 9.44 Å². The summed E-state index contributed by atoms with van der Waals surface area (Å²) < 4.78 is 44.0. The van der Waals surface area contributed by atoms with Gasteiger partial charge in [0, 0.05) is 0 Å². The molecule has 0 aliphatic rings. The lowest BCUT2D eigenvalue weighted by atomic mass is 10.2. The third-order valence-electron chi connectivity index (χ3n) is 1.84. The monoisotopic (exact) mass is 287 g/mol. The van der Waals surface area contributed by atoms with Gasteiger partial charge in [-0.2, -0.15) is 13.7 Å². The minimum absolute atomic E-state index is 0.00736. The van der Waals surface area contributed by atoms with Gasteiger partial charge in [0.25, 0.3) is 0 Å². The van der Waals surface area contributed by atoms with E-state index in [-0.39, 0.29) is 12.2 Å². The Morgan fingerprint density at radius 3 is 2.74 bits per heavy atom. The van der Waals surface area contributed by atoms with Crippen LogP contribution >= 0.6 is 0 Å². The number of benzene rings is 1. The largest absolute Gasteiger partial charge is 0.449 e. The zero-order chi connectivity index (χ0) is 14.5. The maximum atomic E-state index is 13.4. The number of hydrogen-bond acceptors (Lipinski definition) is 5. The zero-order valence-corrected chi connectivity index (χ0v) is 10.6. The summed E-state index contributed by atoms with van der Waals surface area (Å²) in [4.78, 5) is 10.9. The molecule has 0 heterocycles. The molecule has 19 heavy (non-hydrogen) atoms. The van der Waals surface area contributed by atoms with Crippen molar-refractivity contribution < 1.29 is 22.3 Å². The van der Waals surface area contributed by atoms with Gasteiger partial charge in [-0.25, -0.2) is 13.9 Å². The lowest BCUT2D eigenvalue weighted by Crippen LogP contribution is -2.35. The van der Waals surface area contributed by atoms with Gasteiger partial charge < -0.3 is 4.74 Å². The van der Waals surface area contributed by atoms with Crippen LogP contribution in [-0.4, -0.2) is 21.1 Å². The standard InChI is InChI=1S/C10H10FN3O4S/c1-2-18-10(15)14-19(16,17)13-9-4-3-7(6-12)5-8(9)11/h3-5,13H,2H2,1H3,(H,14,15). The Labute approximate surface area is 109 Å². The molecule has 1 aromatic carbocycles. The van der Waals surface area contributed by atoms with Crippen LogP contribution in [0.1, 0.15) is 12.5 Å². The van der Waals surface area contributed by atoms with Crippen LogP contribution in [0.15, 0.2) is 18.2 Å². The van der Waals surface area contributed by atoms with E-state index in [2.05, 4.69) is 4.74 Å². The fourth-order valence-electron chi connectivity index (χ4n) is 1.11. The van der Waals surface area contributed by atoms with E-state index in [0.717, 1.165) is 12.1 Å². The Balaban J connectivity index is 2.84. The molecule has 1 aromatic rings. The molecule has 9 heteroatoms. The van der Waals surface area contributed by atoms with Gasteiger partial charge in [0.2, 0.25) is 0 Å². The van der Waals surface area contributed by atoms with E-state index in [1.165, 1.54) is 17.7 Å². The Morgan fingerprint density at radius 2 is 2.21 bits per heavy atom. The molecule has 1 amide bonds. The predicted molar refractivity (Wildman–Crippen MR) is 63.8 cm³/mol. The molecule has 0 saturated heterocycles. The normalized spacial score (nSPS) is 10.4. The van der Waals surface area contributed by atoms with Crippen LogP contribution in [0.2, 0.25) is 0 Å². The van der Waals surface area contributed by atoms with Crippen molar-refractivity contribution in [2.75, 3.05) is 11.3 Å². The Hall–Kier alpha value is -2.34. The number of rotatable bonds is 4. The van der Waals surface area contributed by atoms with Crippen LogP contribution in [-0.2, 0) is 14.9 Å². The van der Waals surface area contributed by atoms with Crippen molar-refractivity contribution in [2.45, 2.75) is 6.92 Å². The average molecular weight is 287 g/mol. The first-order chi connectivity index (χ1) is 8.88. The van der Waals surface area contributed by atoms with Crippen LogP contribution in [0.5, 0.6) is 0 Å². The van der Waals surface area contributed by atoms with Crippen molar-refractivity contribution in [3.05, 3.63) is 29.6 Å². The first-order valence-electron chi connectivity index (χ1n) is 5.05. The van der Waals surface area contributed by atoms with Crippen LogP contribution in [0.3, 0.4) is 0 Å². The summed E-state index contributed by atoms with van der Waals surface area (Å²) in [5, 5.41) is 8.53. The summed E-state index contributed by atoms with van der Waals surface area (Å²) in [7, 11) is -4.30. The minimum atomic E-state index is -4.30. The van der Waals surface area contributed by atoms with E-state index in [0.29, 0.717) is 0 Å². The number of hydrogen-bond donors (Lipinski definition) is 2. The first-order valence-corrected chi connectivity index (χ1v) is 6.53. The number of halogens is 1. The smallest absolute Gasteiger partial charge is 0.422 e. The van der Waals surface area contributed by atoms with Crippen molar-refractivity contribution in [3.8, 4) is 6.07 Å². The fraction of sp³-hybridized carbons (Fsp3) is 0.200. The molecule has 102 valence electrons. The molecule has 0 fully saturated rings. The Bertz CT molecular complexity index is 624. The molecule has 0 aliphatic heterocycles. The minimum Gasteiger partial charge on any atom is -0.449 e. The quantitative estimate of drug-likeness (QED) is 0.862. The molecule has 7 nitrogen and oxygen atoms in total. The van der Waals surface area contributed by atoms with Crippen molar-refractivity contribution in [1.82, 2.24) is 4.72 Å². The molecule has 1 rings (SSSR count). The molecule has 0 aromatic heterocycles. The molecule has 2 N–H and O–H groups in total. The maximum Gasteiger partial charge on any atom is 0.422 e. The molecule has 0 bridgehead atoms. The van der Waals surface area contributed by atoms with Crippen molar-refractivity contribution in [2.24, 2.45) is 0 Å². The molecule has 0 saturated carbocycles. The number of carbonyl (C=O) groups excluding carboxylic acids is 1. The second-order valence-electron chi connectivity index (χ2n) is 3.23. The highest BCUT2D eigenvalue weighted by molar-refractivity contribution is 7.91. The molecule has 0 unspecified atom stereocenters. The van der Waals surface area contributed by atoms with Gasteiger partial charge in [0.05, 0.1) is 23.9 Å². The number of ether oxygens (including phenoxy) is 1. The summed E-state index contributed by atoms with van der Waals surface area (Å²) in [5.41, 5.74) is -0.352. The average Bonchev–Trinajstić information content (AvgIpc) is 2.31. The number of nitriles is 1. The summed E-state index contributed by atoms with van der Waals surface area (Å²) in [6.07, 6.45) is -1.18. The zero-order valence-electron chi connectivity index (χ0n) is 9.81. The second kappa shape index (κ2) is 6.01. The Kier molecular flexibility index (Phi) is 4.66. The highest BCUT2D eigenvalue weighted by Crippen LogP contribution is 2.16. The van der Waals surface area contributed by atoms with E-state index in [1.807, 2.05) is 0 Å². The molecular weight excluding hydrogens is 277 g/mol. The fourth-order valence-corrected chi connectivity index (χ4v) is 1.89. The first kappa shape index (κ1) is 14.7. The topological polar surface area (TPSA) is 108 Å². The summed E-state index contributed by atoms with van der Waals surface area (Å²) in [5.74, 6) is -0.937. The summed E-state index contributed by atoms with van der Waals surface area (Å²) in [6.45, 7) is 1.49. The van der Waals surface area contributed by atoms with Gasteiger partial charge >= 0.3 is 16.3 Å². The lowest BCUT2D eigenvalue weighted by Gasteiger charge is -2.09. The number of carbonyl (C=O) groups is 1. The molecular formula is C10H10FN3O4S. The van der Waals surface area contributed by atoms with E-state index in [4.69, 9.17) is 5.26 Å². The number of nitrogens with one attached hydrogen (secondary N) is 2. The van der Waals surface area contributed by atoms with Gasteiger partial charge in [-0.3, -0.25) is 4.72 Å². The lowest BCUT2D eigenvalue weighted by molar-refractivity contribution is 0.159. The van der Waals surface area contributed by atoms with E-state index in [1.54, 1.807) is 10.8 Å². The molecule has 0 spiro atoms. The Morgan fingerprint density at radius 1 is 1.53 bits per heavy atom. The SMILES string of the molecule is CCOC(=O)NS(=O)(=O)Nc1ccc(C#N)cc1F. The predicted octanol–water partition coefficient (Wildman–Crippen LogP) is 1.10. The molecule has 0 aliphatic carbocycles. The van der Waals surface area contributed by atoms with Crippen molar-refractivity contribution in [1.29, 1.82) is 5.26 Å². The third-order valence-corrected chi connectivity index (χ3v) is 2.76. The van der Waals surface area contributed by atoms with Gasteiger partial charge in [-0.15, -0.1) is 0 Å². The summed E-state index contributed by atoms with van der Waals surface area (Å²) >= 11 is 0. The van der Waals surface area contributed by atoms with Crippen LogP contribution in [0.4, 0.5) is 14.9 Å². The number of nitrogens with zero attached hydrogens (tertiary/aromatic N) is 1. The number of anilines is 1. The van der Waals surface area contributed by atoms with E-state index in [9.17, 15) is 17.6 Å². The molecule has 0 radical (unpaired) electrons. The van der Waals surface area contributed by atoms with Crippen LogP contribution in [0.25, 0.3) is 0 Å². The summed E-state index contributed by atoms with van der Waals surface area (Å²) in [6, 6.07) is 4.86. The van der Waals surface area contributed by atoms with Gasteiger partial charge in [0.1, 0.15) is 5.82 Å². The number of amides is 1. The van der Waals surface area contributed by atoms with E-state index < -0.39 is 27.8 Å². The molecule has 0 atom stereocenters. The van der Waals surface area contributed by atoms with E-state index >= 15 is 0 Å². The van der Waals surface area contributed by atoms with Crippen LogP contribution in [0, 0.1) is 17.1 Å². The third kappa shape index (κ3) is 4.44.